The SMILES string of the molecule is CCCC1=C(C(=O)OCC)[C@H](c2cc(OC)ccc2OC)n2c(s/c(=C\c3ccc(OCC(=O)O)cc3)c2=O)=N1. The Balaban J connectivity index is 1.93. The van der Waals surface area contributed by atoms with E-state index in [9.17, 15) is 14.4 Å². The zero-order valence-electron chi connectivity index (χ0n) is 22.6. The van der Waals surface area contributed by atoms with Crippen molar-refractivity contribution in [2.75, 3.05) is 27.4 Å². The predicted molar refractivity (Wildman–Crippen MR) is 149 cm³/mol. The molecule has 1 aliphatic rings. The van der Waals surface area contributed by atoms with Crippen LogP contribution in [0.4, 0.5) is 0 Å². The Hall–Kier alpha value is -4.38. The number of methoxy groups -OCH3 is 2. The summed E-state index contributed by atoms with van der Waals surface area (Å²) in [5, 5.41) is 8.81. The molecule has 0 bridgehead atoms. The first-order valence-electron chi connectivity index (χ1n) is 12.7. The van der Waals surface area contributed by atoms with Crippen LogP contribution < -0.4 is 29.1 Å². The fraction of sp³-hybridized carbons (Fsp3) is 0.310. The van der Waals surface area contributed by atoms with Crippen LogP contribution in [0.3, 0.4) is 0 Å². The Morgan fingerprint density at radius 1 is 1.07 bits per heavy atom. The summed E-state index contributed by atoms with van der Waals surface area (Å²) in [5.41, 5.74) is 1.79. The van der Waals surface area contributed by atoms with E-state index in [-0.39, 0.29) is 17.7 Å². The van der Waals surface area contributed by atoms with Gasteiger partial charge in [-0.25, -0.2) is 14.6 Å². The van der Waals surface area contributed by atoms with Crippen molar-refractivity contribution in [1.82, 2.24) is 4.57 Å². The monoisotopic (exact) mass is 566 g/mol. The van der Waals surface area contributed by atoms with Gasteiger partial charge in [-0.2, -0.15) is 0 Å². The summed E-state index contributed by atoms with van der Waals surface area (Å²) in [4.78, 5) is 43.3. The average Bonchev–Trinajstić information content (AvgIpc) is 3.25. The lowest BCUT2D eigenvalue weighted by Gasteiger charge is -2.27. The third-order valence-corrected chi connectivity index (χ3v) is 7.15. The quantitative estimate of drug-likeness (QED) is 0.351. The molecule has 11 heteroatoms. The maximum atomic E-state index is 13.9. The van der Waals surface area contributed by atoms with Crippen LogP contribution >= 0.6 is 11.3 Å². The molecule has 0 saturated carbocycles. The molecule has 0 fully saturated rings. The zero-order valence-corrected chi connectivity index (χ0v) is 23.4. The van der Waals surface area contributed by atoms with Crippen molar-refractivity contribution in [1.29, 1.82) is 0 Å². The van der Waals surface area contributed by atoms with Crippen molar-refractivity contribution in [2.45, 2.75) is 32.7 Å². The predicted octanol–water partition coefficient (Wildman–Crippen LogP) is 3.06. The van der Waals surface area contributed by atoms with Crippen molar-refractivity contribution in [3.63, 3.8) is 0 Å². The summed E-state index contributed by atoms with van der Waals surface area (Å²) in [6, 6.07) is 11.1. The second-order valence-electron chi connectivity index (χ2n) is 8.77. The molecule has 0 radical (unpaired) electrons. The van der Waals surface area contributed by atoms with Crippen LogP contribution in [0.25, 0.3) is 6.08 Å². The maximum absolute atomic E-state index is 13.9. The Kier molecular flexibility index (Phi) is 9.05. The minimum Gasteiger partial charge on any atom is -0.497 e. The number of allylic oxidation sites excluding steroid dienone is 1. The molecule has 1 atom stereocenters. The molecule has 0 spiro atoms. The molecule has 3 aromatic rings. The number of rotatable bonds is 11. The van der Waals surface area contributed by atoms with Gasteiger partial charge in [0, 0.05) is 5.56 Å². The van der Waals surface area contributed by atoms with Gasteiger partial charge in [0.2, 0.25) is 0 Å². The Labute approximate surface area is 234 Å². The number of carboxylic acids is 1. The molecule has 0 aliphatic carbocycles. The molecule has 0 saturated heterocycles. The Morgan fingerprint density at radius 3 is 2.42 bits per heavy atom. The second kappa shape index (κ2) is 12.6. The Bertz CT molecular complexity index is 1620. The van der Waals surface area contributed by atoms with Gasteiger partial charge in [-0.05, 0) is 55.3 Å². The number of thiazole rings is 1. The summed E-state index contributed by atoms with van der Waals surface area (Å²) in [6.07, 6.45) is 2.96. The molecule has 0 unspecified atom stereocenters. The van der Waals surface area contributed by atoms with Gasteiger partial charge in [-0.15, -0.1) is 0 Å². The maximum Gasteiger partial charge on any atom is 0.341 e. The van der Waals surface area contributed by atoms with Crippen LogP contribution in [0.1, 0.15) is 43.9 Å². The summed E-state index contributed by atoms with van der Waals surface area (Å²) in [6.45, 7) is 3.44. The van der Waals surface area contributed by atoms with Gasteiger partial charge in [0.05, 0.1) is 36.6 Å². The van der Waals surface area contributed by atoms with Crippen molar-refractivity contribution >= 4 is 29.4 Å². The van der Waals surface area contributed by atoms with Crippen LogP contribution in [0.15, 0.2) is 63.5 Å². The van der Waals surface area contributed by atoms with Crippen LogP contribution in [-0.4, -0.2) is 49.0 Å². The molecule has 0 amide bonds. The summed E-state index contributed by atoms with van der Waals surface area (Å²) >= 11 is 1.21. The number of carbonyl (C=O) groups is 2. The van der Waals surface area contributed by atoms with E-state index in [1.165, 1.54) is 23.0 Å². The van der Waals surface area contributed by atoms with E-state index < -0.39 is 24.6 Å². The smallest absolute Gasteiger partial charge is 0.341 e. The summed E-state index contributed by atoms with van der Waals surface area (Å²) in [5.74, 6) is -0.195. The number of aliphatic carboxylic acids is 1. The number of nitrogens with zero attached hydrogens (tertiary/aromatic N) is 2. The standard InChI is InChI=1S/C29H30N2O8S/c1-5-7-21-25(28(35)38-6-2)26(20-15-19(36-3)12-13-22(20)37-4)31-27(34)23(40-29(31)30-21)14-17-8-10-18(11-9-17)39-16-24(32)33/h8-15,26H,5-7,16H2,1-4H3,(H,32,33)/b23-14-/t26-/m0/s1. The highest BCUT2D eigenvalue weighted by molar-refractivity contribution is 7.07. The van der Waals surface area contributed by atoms with E-state index in [0.29, 0.717) is 49.8 Å². The van der Waals surface area contributed by atoms with Gasteiger partial charge < -0.3 is 24.1 Å². The molecule has 4 rings (SSSR count). The van der Waals surface area contributed by atoms with Crippen LogP contribution in [0.5, 0.6) is 17.2 Å². The lowest BCUT2D eigenvalue weighted by Crippen LogP contribution is -2.40. The molecular weight excluding hydrogens is 536 g/mol. The number of hydrogen-bond acceptors (Lipinski definition) is 9. The van der Waals surface area contributed by atoms with Crippen molar-refractivity contribution < 1.29 is 33.6 Å². The highest BCUT2D eigenvalue weighted by Crippen LogP contribution is 2.38. The second-order valence-corrected chi connectivity index (χ2v) is 9.78. The molecule has 1 aliphatic heterocycles. The first-order valence-corrected chi connectivity index (χ1v) is 13.5. The van der Waals surface area contributed by atoms with Gasteiger partial charge in [0.25, 0.3) is 5.56 Å². The molecule has 1 aromatic heterocycles. The molecule has 2 heterocycles. The third-order valence-electron chi connectivity index (χ3n) is 6.16. The first kappa shape index (κ1) is 28.6. The topological polar surface area (TPSA) is 126 Å². The molecular formula is C29H30N2O8S. The lowest BCUT2D eigenvalue weighted by molar-refractivity contribution is -0.140. The molecule has 2 aromatic carbocycles. The number of carboxylic acid groups (broad SMARTS) is 1. The molecule has 1 N–H and O–H groups in total. The van der Waals surface area contributed by atoms with Crippen molar-refractivity contribution in [3.8, 4) is 17.2 Å². The fourth-order valence-electron chi connectivity index (χ4n) is 4.43. The number of fused-ring (bicyclic) bond motifs is 1. The Morgan fingerprint density at radius 2 is 1.80 bits per heavy atom. The number of esters is 1. The number of aromatic nitrogens is 1. The highest BCUT2D eigenvalue weighted by atomic mass is 32.1. The van der Waals surface area contributed by atoms with Gasteiger partial charge in [0.1, 0.15) is 23.3 Å². The van der Waals surface area contributed by atoms with Gasteiger partial charge >= 0.3 is 11.9 Å². The largest absolute Gasteiger partial charge is 0.497 e. The van der Waals surface area contributed by atoms with Crippen molar-refractivity contribution in [2.24, 2.45) is 4.99 Å². The summed E-state index contributed by atoms with van der Waals surface area (Å²) in [7, 11) is 3.07. The summed E-state index contributed by atoms with van der Waals surface area (Å²) < 4.78 is 23.7. The van der Waals surface area contributed by atoms with Crippen LogP contribution in [-0.2, 0) is 14.3 Å². The van der Waals surface area contributed by atoms with E-state index in [1.807, 2.05) is 6.92 Å². The van der Waals surface area contributed by atoms with Gasteiger partial charge in [-0.1, -0.05) is 36.8 Å². The van der Waals surface area contributed by atoms with E-state index in [1.54, 1.807) is 62.6 Å². The van der Waals surface area contributed by atoms with Gasteiger partial charge in [-0.3, -0.25) is 9.36 Å². The first-order chi connectivity index (χ1) is 19.3. The zero-order chi connectivity index (χ0) is 28.8. The average molecular weight is 567 g/mol. The normalized spacial score (nSPS) is 14.8. The minimum atomic E-state index is -1.07. The van der Waals surface area contributed by atoms with Crippen LogP contribution in [0, 0.1) is 0 Å². The molecule has 40 heavy (non-hydrogen) atoms. The van der Waals surface area contributed by atoms with E-state index in [4.69, 9.17) is 29.0 Å². The molecule has 210 valence electrons. The minimum absolute atomic E-state index is 0.167. The number of benzene rings is 2. The van der Waals surface area contributed by atoms with E-state index in [0.717, 1.165) is 6.42 Å². The molecule has 10 nitrogen and oxygen atoms in total. The lowest BCUT2D eigenvalue weighted by atomic mass is 9.93. The van der Waals surface area contributed by atoms with Crippen molar-refractivity contribution in [3.05, 3.63) is 84.5 Å². The van der Waals surface area contributed by atoms with Gasteiger partial charge in [0.15, 0.2) is 11.4 Å². The van der Waals surface area contributed by atoms with E-state index in [2.05, 4.69) is 0 Å². The highest BCUT2D eigenvalue weighted by Gasteiger charge is 2.36. The number of hydrogen-bond donors (Lipinski definition) is 1. The van der Waals surface area contributed by atoms with Crippen LogP contribution in [0.2, 0.25) is 0 Å². The third kappa shape index (κ3) is 5.94. The fourth-order valence-corrected chi connectivity index (χ4v) is 5.44. The number of ether oxygens (including phenoxy) is 4. The number of carbonyl (C=O) groups excluding carboxylic acids is 1. The van der Waals surface area contributed by atoms with E-state index >= 15 is 0 Å².